The Bertz CT molecular complexity index is 666. The van der Waals surface area contributed by atoms with Gasteiger partial charge in [-0.15, -0.1) is 5.10 Å². The van der Waals surface area contributed by atoms with Crippen molar-refractivity contribution in [2.45, 2.75) is 19.4 Å². The number of hydrogen-bond acceptors (Lipinski definition) is 6. The molecule has 0 atom stereocenters. The minimum Gasteiger partial charge on any atom is -0.339 e. The van der Waals surface area contributed by atoms with Crippen molar-refractivity contribution in [2.75, 3.05) is 26.2 Å². The summed E-state index contributed by atoms with van der Waals surface area (Å²) < 4.78 is 1.40. The molecule has 3 heterocycles. The third-order valence-corrected chi connectivity index (χ3v) is 4.05. The van der Waals surface area contributed by atoms with Crippen LogP contribution in [0.25, 0.3) is 0 Å². The molecule has 0 bridgehead atoms. The molecule has 3 rings (SSSR count). The number of nitrogens with zero attached hydrogens (tertiary/aromatic N) is 7. The Kier molecular flexibility index (Phi) is 5.09. The van der Waals surface area contributed by atoms with Crippen LogP contribution in [0.5, 0.6) is 0 Å². The van der Waals surface area contributed by atoms with Gasteiger partial charge in [-0.1, -0.05) is 0 Å². The fraction of sp³-hybridized carbons (Fsp3) is 0.467. The van der Waals surface area contributed by atoms with Gasteiger partial charge in [0.25, 0.3) is 0 Å². The second-order valence-corrected chi connectivity index (χ2v) is 5.62. The maximum absolute atomic E-state index is 12.3. The van der Waals surface area contributed by atoms with Crippen LogP contribution < -0.4 is 0 Å². The Hall–Kier alpha value is -2.84. The van der Waals surface area contributed by atoms with E-state index >= 15 is 0 Å². The number of tetrazole rings is 1. The topological polar surface area (TPSA) is 97.1 Å². The summed E-state index contributed by atoms with van der Waals surface area (Å²) in [5.41, 5.74) is 1.11. The number of carbonyl (C=O) groups is 2. The van der Waals surface area contributed by atoms with Crippen molar-refractivity contribution in [1.82, 2.24) is 35.0 Å². The average molecular weight is 329 g/mol. The van der Waals surface area contributed by atoms with E-state index in [9.17, 15) is 9.59 Å². The number of aryl methyl sites for hydroxylation is 1. The van der Waals surface area contributed by atoms with E-state index in [0.29, 0.717) is 39.0 Å². The minimum atomic E-state index is -0.0359. The van der Waals surface area contributed by atoms with E-state index in [1.54, 1.807) is 17.3 Å². The van der Waals surface area contributed by atoms with Gasteiger partial charge >= 0.3 is 0 Å². The third-order valence-electron chi connectivity index (χ3n) is 4.05. The van der Waals surface area contributed by atoms with Gasteiger partial charge in [0.2, 0.25) is 11.8 Å². The molecular weight excluding hydrogens is 310 g/mol. The predicted molar refractivity (Wildman–Crippen MR) is 83.5 cm³/mol. The van der Waals surface area contributed by atoms with Gasteiger partial charge in [-0.2, -0.15) is 0 Å². The monoisotopic (exact) mass is 329 g/mol. The molecule has 0 spiro atoms. The summed E-state index contributed by atoms with van der Waals surface area (Å²) in [5, 5.41) is 10.7. The summed E-state index contributed by atoms with van der Waals surface area (Å²) in [6.45, 7) is 2.35. The number of amides is 2. The maximum atomic E-state index is 12.3. The van der Waals surface area contributed by atoms with Crippen LogP contribution in [-0.2, 0) is 22.6 Å². The van der Waals surface area contributed by atoms with E-state index in [4.69, 9.17) is 0 Å². The average Bonchev–Trinajstić information content (AvgIpc) is 3.13. The molecule has 0 aromatic carbocycles. The SMILES string of the molecule is O=C(CCc1ccncc1)N1CCN(C(=O)Cn2cnnn2)CC1. The van der Waals surface area contributed by atoms with Crippen LogP contribution in [0.4, 0.5) is 0 Å². The van der Waals surface area contributed by atoms with Crippen molar-refractivity contribution in [3.63, 3.8) is 0 Å². The smallest absolute Gasteiger partial charge is 0.244 e. The highest BCUT2D eigenvalue weighted by Crippen LogP contribution is 2.08. The molecule has 0 N–H and O–H groups in total. The van der Waals surface area contributed by atoms with E-state index in [1.165, 1.54) is 11.0 Å². The van der Waals surface area contributed by atoms with Gasteiger partial charge in [-0.25, -0.2) is 4.68 Å². The van der Waals surface area contributed by atoms with Crippen molar-refractivity contribution in [2.24, 2.45) is 0 Å². The minimum absolute atomic E-state index is 0.0359. The van der Waals surface area contributed by atoms with Crippen molar-refractivity contribution in [1.29, 1.82) is 0 Å². The molecule has 2 aromatic heterocycles. The fourth-order valence-corrected chi connectivity index (χ4v) is 2.66. The van der Waals surface area contributed by atoms with Crippen molar-refractivity contribution < 1.29 is 9.59 Å². The second-order valence-electron chi connectivity index (χ2n) is 5.62. The quantitative estimate of drug-likeness (QED) is 0.725. The molecule has 9 heteroatoms. The molecule has 0 unspecified atom stereocenters. The van der Waals surface area contributed by atoms with Crippen LogP contribution in [0.15, 0.2) is 30.9 Å². The first-order chi connectivity index (χ1) is 11.7. The Labute approximate surface area is 139 Å². The predicted octanol–water partition coefficient (Wildman–Crippen LogP) is -0.628. The number of hydrogen-bond donors (Lipinski definition) is 0. The molecule has 24 heavy (non-hydrogen) atoms. The van der Waals surface area contributed by atoms with Crippen LogP contribution in [0.3, 0.4) is 0 Å². The lowest BCUT2D eigenvalue weighted by molar-refractivity contribution is -0.140. The molecular formula is C15H19N7O2. The maximum Gasteiger partial charge on any atom is 0.244 e. The molecule has 126 valence electrons. The first-order valence-electron chi connectivity index (χ1n) is 7.87. The zero-order valence-corrected chi connectivity index (χ0v) is 13.3. The van der Waals surface area contributed by atoms with Crippen molar-refractivity contribution >= 4 is 11.8 Å². The highest BCUT2D eigenvalue weighted by molar-refractivity contribution is 5.78. The van der Waals surface area contributed by atoms with E-state index in [0.717, 1.165) is 5.56 Å². The summed E-state index contributed by atoms with van der Waals surface area (Å²) in [6.07, 6.45) is 6.06. The number of pyridine rings is 1. The molecule has 0 aliphatic carbocycles. The Morgan fingerprint density at radius 2 is 1.67 bits per heavy atom. The number of aromatic nitrogens is 5. The van der Waals surface area contributed by atoms with Gasteiger partial charge in [0.1, 0.15) is 12.9 Å². The van der Waals surface area contributed by atoms with Gasteiger partial charge in [0.05, 0.1) is 0 Å². The molecule has 2 aromatic rings. The summed E-state index contributed by atoms with van der Waals surface area (Å²) in [4.78, 5) is 32.0. The normalized spacial score (nSPS) is 14.7. The highest BCUT2D eigenvalue weighted by atomic mass is 16.2. The van der Waals surface area contributed by atoms with Gasteiger partial charge in [0, 0.05) is 45.0 Å². The van der Waals surface area contributed by atoms with E-state index in [1.807, 2.05) is 17.0 Å². The van der Waals surface area contributed by atoms with E-state index in [-0.39, 0.29) is 18.4 Å². The summed E-state index contributed by atoms with van der Waals surface area (Å²) in [7, 11) is 0. The lowest BCUT2D eigenvalue weighted by atomic mass is 10.1. The number of rotatable bonds is 5. The van der Waals surface area contributed by atoms with Crippen LogP contribution in [0.2, 0.25) is 0 Å². The van der Waals surface area contributed by atoms with Crippen LogP contribution in [0, 0.1) is 0 Å². The molecule has 9 nitrogen and oxygen atoms in total. The standard InChI is InChI=1S/C15H19N7O2/c23-14(2-1-13-3-5-16-6-4-13)20-7-9-21(10-8-20)15(24)11-22-12-17-18-19-22/h3-6,12H,1-2,7-11H2. The van der Waals surface area contributed by atoms with E-state index < -0.39 is 0 Å². The lowest BCUT2D eigenvalue weighted by Gasteiger charge is -2.34. The van der Waals surface area contributed by atoms with Crippen LogP contribution >= 0.6 is 0 Å². The molecule has 1 saturated heterocycles. The molecule has 1 aliphatic heterocycles. The summed E-state index contributed by atoms with van der Waals surface area (Å²) >= 11 is 0. The van der Waals surface area contributed by atoms with Crippen molar-refractivity contribution in [3.05, 3.63) is 36.4 Å². The summed E-state index contributed by atoms with van der Waals surface area (Å²) in [6, 6.07) is 3.84. The Morgan fingerprint density at radius 1 is 1.00 bits per heavy atom. The number of carbonyl (C=O) groups excluding carboxylic acids is 2. The second kappa shape index (κ2) is 7.62. The molecule has 2 amide bonds. The largest absolute Gasteiger partial charge is 0.339 e. The van der Waals surface area contributed by atoms with Gasteiger partial charge in [0.15, 0.2) is 0 Å². The van der Waals surface area contributed by atoms with Gasteiger partial charge in [-0.05, 0) is 34.5 Å². The van der Waals surface area contributed by atoms with Crippen LogP contribution in [0.1, 0.15) is 12.0 Å². The van der Waals surface area contributed by atoms with E-state index in [2.05, 4.69) is 20.5 Å². The molecule has 1 fully saturated rings. The molecule has 1 aliphatic rings. The fourth-order valence-electron chi connectivity index (χ4n) is 2.66. The third kappa shape index (κ3) is 4.12. The molecule has 0 saturated carbocycles. The Morgan fingerprint density at radius 3 is 2.29 bits per heavy atom. The highest BCUT2D eigenvalue weighted by Gasteiger charge is 2.24. The zero-order chi connectivity index (χ0) is 16.8. The number of piperazine rings is 1. The van der Waals surface area contributed by atoms with Gasteiger partial charge in [-0.3, -0.25) is 14.6 Å². The summed E-state index contributed by atoms with van der Waals surface area (Å²) in [5.74, 6) is 0.0885. The lowest BCUT2D eigenvalue weighted by Crippen LogP contribution is -2.51. The zero-order valence-electron chi connectivity index (χ0n) is 13.3. The van der Waals surface area contributed by atoms with Gasteiger partial charge < -0.3 is 9.80 Å². The molecule has 0 radical (unpaired) electrons. The van der Waals surface area contributed by atoms with Crippen molar-refractivity contribution in [3.8, 4) is 0 Å². The first-order valence-corrected chi connectivity index (χ1v) is 7.87. The Balaban J connectivity index is 1.42. The first kappa shape index (κ1) is 16.0. The van der Waals surface area contributed by atoms with Crippen LogP contribution in [-0.4, -0.2) is 73.0 Å².